The van der Waals surface area contributed by atoms with E-state index in [0.29, 0.717) is 5.92 Å². The molecule has 1 atom stereocenters. The fraction of sp³-hybridized carbons (Fsp3) is 0.727. The Kier molecular flexibility index (Phi) is 6.29. The zero-order chi connectivity index (χ0) is 10.3. The second-order valence-corrected chi connectivity index (χ2v) is 3.62. The average Bonchev–Trinajstić information content (AvgIpc) is 2.04. The van der Waals surface area contributed by atoms with Crippen molar-refractivity contribution < 1.29 is 0 Å². The first-order valence-corrected chi connectivity index (χ1v) is 5.04. The summed E-state index contributed by atoms with van der Waals surface area (Å²) in [7, 11) is 0. The van der Waals surface area contributed by atoms with Gasteiger partial charge in [0.15, 0.2) is 0 Å². The van der Waals surface area contributed by atoms with Gasteiger partial charge >= 0.3 is 0 Å². The Morgan fingerprint density at radius 2 is 2.08 bits per heavy atom. The van der Waals surface area contributed by atoms with Crippen LogP contribution in [0, 0.1) is 5.92 Å². The molecule has 0 saturated carbocycles. The molecule has 0 aliphatic heterocycles. The standard InChI is InChI=1S/C11H22N2/c1-6-7-8-12-11(5)13-10(4)9(2)3/h8-9,11,13H,4,6-7H2,1-3,5H3/b12-8-. The number of rotatable bonds is 6. The summed E-state index contributed by atoms with van der Waals surface area (Å²) in [6.45, 7) is 12.4. The monoisotopic (exact) mass is 182 g/mol. The van der Waals surface area contributed by atoms with Gasteiger partial charge in [-0.05, 0) is 19.3 Å². The molecule has 0 aliphatic carbocycles. The maximum Gasteiger partial charge on any atom is 0.115 e. The first-order chi connectivity index (χ1) is 6.07. The molecule has 0 aliphatic rings. The Morgan fingerprint density at radius 1 is 1.46 bits per heavy atom. The lowest BCUT2D eigenvalue weighted by Crippen LogP contribution is -2.25. The van der Waals surface area contributed by atoms with Crippen LogP contribution in [0.3, 0.4) is 0 Å². The lowest BCUT2D eigenvalue weighted by molar-refractivity contribution is 0.577. The van der Waals surface area contributed by atoms with Gasteiger partial charge in [0.25, 0.3) is 0 Å². The van der Waals surface area contributed by atoms with Gasteiger partial charge in [-0.3, -0.25) is 4.99 Å². The van der Waals surface area contributed by atoms with Crippen LogP contribution < -0.4 is 5.32 Å². The van der Waals surface area contributed by atoms with E-state index in [1.807, 2.05) is 13.1 Å². The Balaban J connectivity index is 3.73. The number of hydrogen-bond donors (Lipinski definition) is 1. The molecular weight excluding hydrogens is 160 g/mol. The van der Waals surface area contributed by atoms with Gasteiger partial charge in [-0.15, -0.1) is 0 Å². The van der Waals surface area contributed by atoms with Gasteiger partial charge in [-0.2, -0.15) is 0 Å². The molecule has 0 bridgehead atoms. The summed E-state index contributed by atoms with van der Waals surface area (Å²) in [4.78, 5) is 4.34. The first-order valence-electron chi connectivity index (χ1n) is 5.04. The van der Waals surface area contributed by atoms with Gasteiger partial charge in [0, 0.05) is 11.9 Å². The van der Waals surface area contributed by atoms with Crippen molar-refractivity contribution in [2.75, 3.05) is 0 Å². The maximum atomic E-state index is 4.34. The lowest BCUT2D eigenvalue weighted by Gasteiger charge is -2.15. The van der Waals surface area contributed by atoms with E-state index in [9.17, 15) is 0 Å². The van der Waals surface area contributed by atoms with Gasteiger partial charge in [-0.1, -0.05) is 33.8 Å². The van der Waals surface area contributed by atoms with E-state index in [4.69, 9.17) is 0 Å². The van der Waals surface area contributed by atoms with E-state index >= 15 is 0 Å². The van der Waals surface area contributed by atoms with E-state index in [-0.39, 0.29) is 6.17 Å². The molecule has 0 rings (SSSR count). The zero-order valence-electron chi connectivity index (χ0n) is 9.30. The highest BCUT2D eigenvalue weighted by Gasteiger charge is 2.02. The maximum absolute atomic E-state index is 4.34. The SMILES string of the molecule is C=C(NC(C)/N=C\CCC)C(C)C. The van der Waals surface area contributed by atoms with E-state index < -0.39 is 0 Å². The minimum Gasteiger partial charge on any atom is -0.368 e. The largest absolute Gasteiger partial charge is 0.368 e. The Hall–Kier alpha value is -0.790. The first kappa shape index (κ1) is 12.2. The molecule has 0 aromatic rings. The highest BCUT2D eigenvalue weighted by molar-refractivity contribution is 5.57. The molecule has 0 spiro atoms. The van der Waals surface area contributed by atoms with Gasteiger partial charge in [-0.25, -0.2) is 0 Å². The normalized spacial score (nSPS) is 13.6. The van der Waals surface area contributed by atoms with E-state index in [0.717, 1.165) is 18.5 Å². The van der Waals surface area contributed by atoms with E-state index in [1.165, 1.54) is 0 Å². The van der Waals surface area contributed by atoms with Crippen LogP contribution in [0.15, 0.2) is 17.3 Å². The minimum atomic E-state index is 0.154. The third-order valence-electron chi connectivity index (χ3n) is 1.84. The molecule has 13 heavy (non-hydrogen) atoms. The molecular formula is C11H22N2. The second-order valence-electron chi connectivity index (χ2n) is 3.62. The molecule has 2 heteroatoms. The van der Waals surface area contributed by atoms with E-state index in [1.54, 1.807) is 0 Å². The fourth-order valence-electron chi connectivity index (χ4n) is 0.834. The topological polar surface area (TPSA) is 24.4 Å². The molecule has 0 saturated heterocycles. The number of hydrogen-bond acceptors (Lipinski definition) is 2. The highest BCUT2D eigenvalue weighted by Crippen LogP contribution is 2.03. The number of unbranched alkanes of at least 4 members (excludes halogenated alkanes) is 1. The van der Waals surface area contributed by atoms with Crippen LogP contribution in [0.25, 0.3) is 0 Å². The zero-order valence-corrected chi connectivity index (χ0v) is 9.30. The molecule has 1 unspecified atom stereocenters. The summed E-state index contributed by atoms with van der Waals surface area (Å²) in [6.07, 6.45) is 4.34. The van der Waals surface area contributed by atoms with Crippen molar-refractivity contribution in [3.63, 3.8) is 0 Å². The average molecular weight is 182 g/mol. The molecule has 2 nitrogen and oxygen atoms in total. The van der Waals surface area contributed by atoms with Crippen LogP contribution >= 0.6 is 0 Å². The van der Waals surface area contributed by atoms with Gasteiger partial charge in [0.2, 0.25) is 0 Å². The third-order valence-corrected chi connectivity index (χ3v) is 1.84. The Morgan fingerprint density at radius 3 is 2.54 bits per heavy atom. The summed E-state index contributed by atoms with van der Waals surface area (Å²) in [5.41, 5.74) is 1.06. The Bertz CT molecular complexity index is 171. The molecule has 76 valence electrons. The van der Waals surface area contributed by atoms with Crippen LogP contribution in [-0.4, -0.2) is 12.4 Å². The van der Waals surface area contributed by atoms with Gasteiger partial charge < -0.3 is 5.32 Å². The van der Waals surface area contributed by atoms with Gasteiger partial charge in [0.1, 0.15) is 6.17 Å². The van der Waals surface area contributed by atoms with Crippen LogP contribution in [0.5, 0.6) is 0 Å². The molecule has 0 heterocycles. The second kappa shape index (κ2) is 6.70. The van der Waals surface area contributed by atoms with Gasteiger partial charge in [0.05, 0.1) is 0 Å². The highest BCUT2D eigenvalue weighted by atomic mass is 15.1. The minimum absolute atomic E-state index is 0.154. The lowest BCUT2D eigenvalue weighted by atomic mass is 10.1. The van der Waals surface area contributed by atoms with Crippen LogP contribution in [0.1, 0.15) is 40.5 Å². The van der Waals surface area contributed by atoms with Crippen LogP contribution in [0.4, 0.5) is 0 Å². The van der Waals surface area contributed by atoms with Crippen molar-refractivity contribution in [2.45, 2.75) is 46.7 Å². The fourth-order valence-corrected chi connectivity index (χ4v) is 0.834. The summed E-state index contributed by atoms with van der Waals surface area (Å²) < 4.78 is 0. The van der Waals surface area contributed by atoms with Crippen LogP contribution in [0.2, 0.25) is 0 Å². The van der Waals surface area contributed by atoms with Crippen molar-refractivity contribution >= 4 is 6.21 Å². The van der Waals surface area contributed by atoms with Crippen molar-refractivity contribution in [1.82, 2.24) is 5.32 Å². The van der Waals surface area contributed by atoms with E-state index in [2.05, 4.69) is 37.7 Å². The summed E-state index contributed by atoms with van der Waals surface area (Å²) in [5.74, 6) is 0.476. The molecule has 0 fully saturated rings. The number of nitrogens with zero attached hydrogens (tertiary/aromatic N) is 1. The quantitative estimate of drug-likeness (QED) is 0.627. The third kappa shape index (κ3) is 6.38. The van der Waals surface area contributed by atoms with Crippen molar-refractivity contribution in [3.05, 3.63) is 12.3 Å². The smallest absolute Gasteiger partial charge is 0.115 e. The van der Waals surface area contributed by atoms with Crippen molar-refractivity contribution in [2.24, 2.45) is 10.9 Å². The van der Waals surface area contributed by atoms with Crippen molar-refractivity contribution in [1.29, 1.82) is 0 Å². The van der Waals surface area contributed by atoms with Crippen molar-refractivity contribution in [3.8, 4) is 0 Å². The summed E-state index contributed by atoms with van der Waals surface area (Å²) >= 11 is 0. The summed E-state index contributed by atoms with van der Waals surface area (Å²) in [5, 5.41) is 3.25. The predicted molar refractivity (Wildman–Crippen MR) is 60.0 cm³/mol. The number of aliphatic imine (C=N–C) groups is 1. The Labute approximate surface area is 82.1 Å². The molecule has 0 aromatic carbocycles. The number of allylic oxidation sites excluding steroid dienone is 1. The molecule has 1 N–H and O–H groups in total. The summed E-state index contributed by atoms with van der Waals surface area (Å²) in [6, 6.07) is 0. The number of nitrogens with one attached hydrogen (secondary N) is 1. The predicted octanol–water partition coefficient (Wildman–Crippen LogP) is 2.96. The molecule has 0 aromatic heterocycles. The molecule has 0 amide bonds. The van der Waals surface area contributed by atoms with Crippen LogP contribution in [-0.2, 0) is 0 Å². The molecule has 0 radical (unpaired) electrons.